The first kappa shape index (κ1) is 84.8. The Morgan fingerprint density at radius 1 is 0.769 bits per heavy atom. The maximum Gasteiger partial charge on any atom is 0.433 e. The van der Waals surface area contributed by atoms with Crippen LogP contribution in [0.1, 0.15) is 128 Å². The van der Waals surface area contributed by atoms with E-state index >= 15 is 0 Å². The number of carboxylic acid groups (broad SMARTS) is 1. The van der Waals surface area contributed by atoms with Gasteiger partial charge in [-0.25, -0.2) is 51.7 Å². The highest BCUT2D eigenvalue weighted by atomic mass is 35.5. The van der Waals surface area contributed by atoms with Crippen LogP contribution >= 0.6 is 23.2 Å². The van der Waals surface area contributed by atoms with Crippen LogP contribution in [-0.4, -0.2) is 162 Å². The van der Waals surface area contributed by atoms with Crippen molar-refractivity contribution >= 4 is 102 Å². The van der Waals surface area contributed by atoms with Gasteiger partial charge >= 0.3 is 36.1 Å². The second-order valence-corrected chi connectivity index (χ2v) is 29.5. The molecule has 0 saturated heterocycles. The lowest BCUT2D eigenvalue weighted by Crippen LogP contribution is -2.48. The minimum Gasteiger partial charge on any atom is -0.481 e. The zero-order valence-electron chi connectivity index (χ0n) is 61.1. The minimum atomic E-state index is -5.14. The van der Waals surface area contributed by atoms with Crippen molar-refractivity contribution in [2.75, 3.05) is 63.8 Å². The van der Waals surface area contributed by atoms with Gasteiger partial charge < -0.3 is 43.5 Å². The molecular formula is C69H79Cl2F3N12O20S2. The predicted octanol–water partition coefficient (Wildman–Crippen LogP) is 9.07. The van der Waals surface area contributed by atoms with Gasteiger partial charge in [-0.05, 0) is 133 Å². The smallest absolute Gasteiger partial charge is 0.433 e. The fraction of sp³-hybridized carbons (Fsp3) is 0.406. The Kier molecular flexibility index (Phi) is 27.5. The Morgan fingerprint density at radius 2 is 1.38 bits per heavy atom. The van der Waals surface area contributed by atoms with Gasteiger partial charge in [0, 0.05) is 48.5 Å². The molecule has 4 aromatic heterocycles. The van der Waals surface area contributed by atoms with E-state index in [1.165, 1.54) is 65.6 Å². The molecule has 0 bridgehead atoms. The fourth-order valence-electron chi connectivity index (χ4n) is 11.0. The van der Waals surface area contributed by atoms with Crippen molar-refractivity contribution in [3.63, 3.8) is 0 Å². The Bertz CT molecular complexity index is 5020. The number of hydrazone groups is 1. The summed E-state index contributed by atoms with van der Waals surface area (Å²) in [4.78, 5) is 114. The third-order valence-corrected chi connectivity index (χ3v) is 19.2. The van der Waals surface area contributed by atoms with Gasteiger partial charge in [-0.3, -0.25) is 29.2 Å². The zero-order valence-corrected chi connectivity index (χ0v) is 64.2. The van der Waals surface area contributed by atoms with Crippen molar-refractivity contribution in [2.45, 2.75) is 130 Å². The van der Waals surface area contributed by atoms with E-state index in [4.69, 9.17) is 61.6 Å². The first-order chi connectivity index (χ1) is 50.6. The number of pyridine rings is 1. The summed E-state index contributed by atoms with van der Waals surface area (Å²) in [6.07, 6.45) is -0.518. The van der Waals surface area contributed by atoms with Crippen LogP contribution in [0.5, 0.6) is 17.6 Å². The number of amides is 2. The third-order valence-electron chi connectivity index (χ3n) is 16.2. The highest BCUT2D eigenvalue weighted by Gasteiger charge is 2.50. The summed E-state index contributed by atoms with van der Waals surface area (Å²) in [5, 5.41) is 22.4. The maximum absolute atomic E-state index is 13.5. The number of fused-ring (bicyclic) bond motifs is 1. The van der Waals surface area contributed by atoms with Crippen LogP contribution in [0.2, 0.25) is 10.0 Å². The van der Waals surface area contributed by atoms with E-state index in [-0.39, 0.29) is 64.7 Å². The molecule has 1 unspecified atom stereocenters. The van der Waals surface area contributed by atoms with Gasteiger partial charge in [-0.15, -0.1) is 0 Å². The zero-order chi connectivity index (χ0) is 80.3. The Labute approximate surface area is 627 Å². The number of carbonyl (C=O) groups excluding carboxylic acids is 5. The van der Waals surface area contributed by atoms with Crippen LogP contribution < -0.4 is 40.4 Å². The van der Waals surface area contributed by atoms with Crippen LogP contribution in [-0.2, 0) is 92.4 Å². The standard InChI is InChI=1S/C23H32N2O4.C16H18Cl2N2O4.C16H17N3O5S.C14H12F3N5O7S/c1-7-16-13-15(3)14-17(8-2)18(16)19-20(26)24-9-11-28-12-10-25(24)21(19)29-22(27)23(4,5)6;1-4-23-14(21)12-9-16(3,15(22)24-5-2)20(19-12)13-7-6-10(17)8-11(13)18;1-9-10(15(20)11-8-17-19(2)16(11)21)4-5-13(25(3,22)23)14(9)12-6-7-24-18-12;1-28-8-5-9(29-2)20-12(19-8)21-13(25)22-30(26,27)10-6(11(23)24)3-4-7(18-10)14(15,16)17/h13-14H,7-12H2,1-6H3;6-8H,4-5,9H2,1-3H3;4-5,8,17H,6-7H2,1-3H3;3-5H,1-2H3,(H,23,24)(H2,19,20,21,22,25). The van der Waals surface area contributed by atoms with Crippen molar-refractivity contribution < 1.29 is 97.1 Å². The molecule has 582 valence electrons. The van der Waals surface area contributed by atoms with Gasteiger partial charge in [0.2, 0.25) is 23.6 Å². The number of benzene rings is 3. The molecule has 0 saturated carbocycles. The number of rotatable bonds is 19. The van der Waals surface area contributed by atoms with Gasteiger partial charge in [-0.2, -0.15) is 36.7 Å². The number of carboxylic acids is 1. The number of alkyl halides is 3. The number of sulfone groups is 1. The van der Waals surface area contributed by atoms with Gasteiger partial charge in [-0.1, -0.05) is 59.9 Å². The Balaban J connectivity index is 0.000000201. The molecule has 32 nitrogen and oxygen atoms in total. The molecule has 39 heteroatoms. The van der Waals surface area contributed by atoms with Crippen LogP contribution in [0, 0.1) is 19.3 Å². The van der Waals surface area contributed by atoms with Crippen molar-refractivity contribution in [3.05, 3.63) is 148 Å². The molecule has 2 amide bonds. The number of carbonyl (C=O) groups is 6. The molecule has 3 aliphatic heterocycles. The van der Waals surface area contributed by atoms with E-state index in [1.807, 2.05) is 26.1 Å². The molecular weight excluding hydrogens is 1510 g/mol. The number of hydrogen-bond donors (Lipinski definition) is 4. The summed E-state index contributed by atoms with van der Waals surface area (Å²) in [5.74, 6) is -4.03. The van der Waals surface area contributed by atoms with E-state index in [0.717, 1.165) is 35.8 Å². The summed E-state index contributed by atoms with van der Waals surface area (Å²) < 4.78 is 125. The number of sulfonamides is 1. The topological polar surface area (TPSA) is 411 Å². The number of aromatic amines is 1. The molecule has 4 N–H and O–H groups in total. The van der Waals surface area contributed by atoms with Crippen LogP contribution in [0.4, 0.5) is 29.6 Å². The van der Waals surface area contributed by atoms with Gasteiger partial charge in [0.05, 0.1) is 92.1 Å². The fourth-order valence-corrected chi connectivity index (χ4v) is 13.5. The summed E-state index contributed by atoms with van der Waals surface area (Å²) in [7, 11) is -4.68. The molecule has 0 radical (unpaired) electrons. The monoisotopic (exact) mass is 1590 g/mol. The number of methoxy groups -OCH3 is 2. The summed E-state index contributed by atoms with van der Waals surface area (Å²) in [6, 6.07) is 12.3. The molecule has 3 aromatic carbocycles. The Morgan fingerprint density at radius 3 is 1.90 bits per heavy atom. The molecule has 10 rings (SSSR count). The molecule has 7 heterocycles. The second-order valence-electron chi connectivity index (χ2n) is 25.1. The van der Waals surface area contributed by atoms with Gasteiger partial charge in [0.15, 0.2) is 26.2 Å². The number of oxime groups is 1. The molecule has 1 atom stereocenters. The summed E-state index contributed by atoms with van der Waals surface area (Å²) >= 11 is 12.2. The largest absolute Gasteiger partial charge is 0.481 e. The highest BCUT2D eigenvalue weighted by Crippen LogP contribution is 2.41. The van der Waals surface area contributed by atoms with E-state index in [0.29, 0.717) is 95.5 Å². The number of ketones is 1. The minimum absolute atomic E-state index is 0.00623. The SMILES string of the molecule is CCOC(=O)C1=NN(c2ccc(Cl)cc2Cl)C(C)(C(=O)OCC)C1.CCc1cc(C)cc(CC)c1-c1c(OC(=O)C(C)(C)C)n2n(c1=O)CCOCC2.COc1cc(OC)nc(NC(=O)NS(=O)(=O)c2nc(C(F)(F)F)ccc2C(=O)O)n1.Cc1c(C(=O)c2c[nH]n(C)c2=O)ccc(S(C)(=O)=O)c1C1=NOCC1. The van der Waals surface area contributed by atoms with Crippen LogP contribution in [0.25, 0.3) is 11.1 Å². The molecule has 7 aromatic rings. The lowest BCUT2D eigenvalue weighted by atomic mass is 9.91. The lowest BCUT2D eigenvalue weighted by Gasteiger charge is -2.32. The number of nitrogens with zero attached hydrogens (tertiary/aromatic N) is 9. The number of aromatic nitrogens is 7. The second kappa shape index (κ2) is 35.0. The average Bonchev–Trinajstić information content (AvgIpc) is 1.57. The normalized spacial score (nSPS) is 14.8. The number of hydrogen-bond acceptors (Lipinski definition) is 25. The Hall–Kier alpha value is -10.5. The first-order valence-electron chi connectivity index (χ1n) is 33.0. The number of nitrogens with one attached hydrogen (secondary N) is 3. The molecule has 0 spiro atoms. The third kappa shape index (κ3) is 19.6. The summed E-state index contributed by atoms with van der Waals surface area (Å²) in [6.45, 7) is 21.0. The number of H-pyrrole nitrogens is 1. The molecule has 0 aliphatic carbocycles. The van der Waals surface area contributed by atoms with Crippen LogP contribution in [0.15, 0.2) is 96.6 Å². The van der Waals surface area contributed by atoms with E-state index in [2.05, 4.69) is 63.2 Å². The van der Waals surface area contributed by atoms with Crippen molar-refractivity contribution in [2.24, 2.45) is 22.7 Å². The van der Waals surface area contributed by atoms with Crippen molar-refractivity contribution in [1.29, 1.82) is 0 Å². The number of urea groups is 1. The summed E-state index contributed by atoms with van der Waals surface area (Å²) in [5.41, 5.74) is 1.75. The van der Waals surface area contributed by atoms with E-state index in [9.17, 15) is 68.4 Å². The number of anilines is 2. The van der Waals surface area contributed by atoms with Gasteiger partial charge in [0.25, 0.3) is 21.1 Å². The lowest BCUT2D eigenvalue weighted by molar-refractivity contribution is -0.148. The molecule has 0 fully saturated rings. The molecule has 3 aliphatic rings. The van der Waals surface area contributed by atoms with E-state index < -0.39 is 94.5 Å². The average molecular weight is 1590 g/mol. The number of halogens is 5. The number of esters is 3. The molecule has 108 heavy (non-hydrogen) atoms. The van der Waals surface area contributed by atoms with Crippen molar-refractivity contribution in [3.8, 4) is 28.8 Å². The van der Waals surface area contributed by atoms with E-state index in [1.54, 1.807) is 55.3 Å². The highest BCUT2D eigenvalue weighted by molar-refractivity contribution is 7.91. The number of aryl methyl sites for hydroxylation is 4. The maximum atomic E-state index is 13.5. The quantitative estimate of drug-likeness (QED) is 0.0433. The van der Waals surface area contributed by atoms with Gasteiger partial charge in [0.1, 0.15) is 29.1 Å². The first-order valence-corrected chi connectivity index (χ1v) is 37.1. The predicted molar refractivity (Wildman–Crippen MR) is 388 cm³/mol. The number of aromatic carboxylic acids is 1. The van der Waals surface area contributed by atoms with Crippen molar-refractivity contribution in [1.82, 2.24) is 38.8 Å². The number of ether oxygens (including phenoxy) is 6. The van der Waals surface area contributed by atoms with Crippen LogP contribution in [0.3, 0.4) is 0 Å².